The van der Waals surface area contributed by atoms with Crippen molar-refractivity contribution in [2.24, 2.45) is 7.05 Å². The quantitative estimate of drug-likeness (QED) is 0.330. The number of rotatable bonds is 7. The van der Waals surface area contributed by atoms with E-state index in [1.807, 2.05) is 44.3 Å². The first-order valence-corrected chi connectivity index (χ1v) is 10.8. The Hall–Kier alpha value is -3.90. The maximum absolute atomic E-state index is 13.6. The molecule has 4 aromatic rings. The van der Waals surface area contributed by atoms with Gasteiger partial charge in [0, 0.05) is 31.2 Å². The number of imidazole rings is 1. The van der Waals surface area contributed by atoms with E-state index in [9.17, 15) is 9.59 Å². The molecule has 0 radical (unpaired) electrons. The molecule has 9 nitrogen and oxygen atoms in total. The van der Waals surface area contributed by atoms with Gasteiger partial charge in [0.25, 0.3) is 5.56 Å². The molecule has 170 valence electrons. The molecule has 0 atom stereocenters. The van der Waals surface area contributed by atoms with E-state index in [-0.39, 0.29) is 13.1 Å². The third kappa shape index (κ3) is 4.13. The maximum Gasteiger partial charge on any atom is 0.332 e. The number of fused-ring (bicyclic) bond motifs is 2. The fourth-order valence-electron chi connectivity index (χ4n) is 3.94. The number of aryl methyl sites for hydroxylation is 2. The van der Waals surface area contributed by atoms with Gasteiger partial charge in [0.2, 0.25) is 5.95 Å². The lowest BCUT2D eigenvalue weighted by molar-refractivity contribution is 0.646. The number of hydrogen-bond donors (Lipinski definition) is 2. The zero-order valence-electron chi connectivity index (χ0n) is 19.3. The molecule has 0 aliphatic rings. The van der Waals surface area contributed by atoms with E-state index in [1.54, 1.807) is 18.5 Å². The summed E-state index contributed by atoms with van der Waals surface area (Å²) < 4.78 is 4.38. The molecule has 4 rings (SSSR count). The average Bonchev–Trinajstić information content (AvgIpc) is 3.17. The molecular formula is C24H27N7O2. The molecule has 0 unspecified atom stereocenters. The monoisotopic (exact) mass is 445 g/mol. The lowest BCUT2D eigenvalue weighted by Gasteiger charge is -2.12. The van der Waals surface area contributed by atoms with Gasteiger partial charge in [-0.25, -0.2) is 4.79 Å². The number of aromatic nitrogens is 5. The van der Waals surface area contributed by atoms with Crippen molar-refractivity contribution >= 4 is 27.9 Å². The highest BCUT2D eigenvalue weighted by molar-refractivity contribution is 5.85. The second kappa shape index (κ2) is 9.30. The second-order valence-electron chi connectivity index (χ2n) is 7.82. The Morgan fingerprint density at radius 1 is 1.09 bits per heavy atom. The molecule has 0 aliphatic carbocycles. The van der Waals surface area contributed by atoms with Crippen LogP contribution in [0.15, 0.2) is 39.9 Å². The van der Waals surface area contributed by atoms with Crippen molar-refractivity contribution in [1.82, 2.24) is 29.0 Å². The minimum absolute atomic E-state index is 0.0663. The summed E-state index contributed by atoms with van der Waals surface area (Å²) in [4.78, 5) is 36.0. The van der Waals surface area contributed by atoms with Crippen LogP contribution in [0, 0.1) is 18.8 Å². The number of nitrogens with one attached hydrogen (secondary N) is 2. The average molecular weight is 446 g/mol. The number of likely N-dealkylation sites (N-methyl/N-ethyl adjacent to an activating group) is 1. The van der Waals surface area contributed by atoms with Crippen LogP contribution >= 0.6 is 0 Å². The first-order chi connectivity index (χ1) is 16.0. The molecule has 0 bridgehead atoms. The van der Waals surface area contributed by atoms with Gasteiger partial charge < -0.3 is 10.6 Å². The van der Waals surface area contributed by atoms with Crippen LogP contribution in [0.2, 0.25) is 0 Å². The first-order valence-electron chi connectivity index (χ1n) is 10.8. The van der Waals surface area contributed by atoms with Gasteiger partial charge in [-0.15, -0.1) is 5.92 Å². The fourth-order valence-corrected chi connectivity index (χ4v) is 3.94. The highest BCUT2D eigenvalue weighted by atomic mass is 16.2. The van der Waals surface area contributed by atoms with Crippen LogP contribution in [0.3, 0.4) is 0 Å². The molecule has 0 spiro atoms. The van der Waals surface area contributed by atoms with E-state index >= 15 is 0 Å². The van der Waals surface area contributed by atoms with Gasteiger partial charge in [-0.1, -0.05) is 30.2 Å². The van der Waals surface area contributed by atoms with Crippen molar-refractivity contribution in [3.05, 3.63) is 62.6 Å². The van der Waals surface area contributed by atoms with Crippen LogP contribution in [-0.4, -0.2) is 43.8 Å². The molecule has 9 heteroatoms. The molecule has 0 amide bonds. The summed E-state index contributed by atoms with van der Waals surface area (Å²) in [6.45, 7) is 5.33. The SMILES string of the molecule is CC#CCn1c(NCCNC)nc2c1c(=O)n(Cc1nc(C)cc3ccccc13)c(=O)n2C. The summed E-state index contributed by atoms with van der Waals surface area (Å²) in [6, 6.07) is 9.83. The number of anilines is 1. The Kier molecular flexibility index (Phi) is 6.29. The van der Waals surface area contributed by atoms with Crippen molar-refractivity contribution in [3.8, 4) is 11.8 Å². The van der Waals surface area contributed by atoms with E-state index in [0.29, 0.717) is 29.4 Å². The van der Waals surface area contributed by atoms with Gasteiger partial charge in [0.05, 0.1) is 18.8 Å². The number of benzene rings is 1. The molecule has 0 saturated carbocycles. The Morgan fingerprint density at radius 3 is 2.64 bits per heavy atom. The van der Waals surface area contributed by atoms with Gasteiger partial charge in [-0.3, -0.25) is 23.5 Å². The molecule has 33 heavy (non-hydrogen) atoms. The van der Waals surface area contributed by atoms with E-state index in [2.05, 4.69) is 32.4 Å². The predicted molar refractivity (Wildman–Crippen MR) is 131 cm³/mol. The highest BCUT2D eigenvalue weighted by Crippen LogP contribution is 2.19. The van der Waals surface area contributed by atoms with Crippen molar-refractivity contribution in [2.75, 3.05) is 25.5 Å². The number of hydrogen-bond acceptors (Lipinski definition) is 6. The largest absolute Gasteiger partial charge is 0.354 e. The topological polar surface area (TPSA) is 98.8 Å². The normalized spacial score (nSPS) is 11.0. The van der Waals surface area contributed by atoms with Crippen LogP contribution in [0.25, 0.3) is 21.9 Å². The van der Waals surface area contributed by atoms with Crippen LogP contribution in [-0.2, 0) is 20.1 Å². The van der Waals surface area contributed by atoms with Gasteiger partial charge in [0.1, 0.15) is 0 Å². The summed E-state index contributed by atoms with van der Waals surface area (Å²) >= 11 is 0. The molecule has 3 heterocycles. The molecule has 0 fully saturated rings. The number of nitrogens with zero attached hydrogens (tertiary/aromatic N) is 5. The van der Waals surface area contributed by atoms with Gasteiger partial charge in [-0.2, -0.15) is 4.98 Å². The van der Waals surface area contributed by atoms with E-state index in [0.717, 1.165) is 23.0 Å². The Labute approximate surface area is 191 Å². The highest BCUT2D eigenvalue weighted by Gasteiger charge is 2.20. The van der Waals surface area contributed by atoms with E-state index in [1.165, 1.54) is 9.13 Å². The standard InChI is InChI=1S/C24H27N7O2/c1-5-6-13-30-20-21(28-23(30)26-12-11-25-3)29(4)24(33)31(22(20)32)15-19-18-10-8-7-9-17(18)14-16(2)27-19/h7-10,14,25H,11-13,15H2,1-4H3,(H,26,28). The van der Waals surface area contributed by atoms with Crippen molar-refractivity contribution < 1.29 is 0 Å². The molecule has 3 aromatic heterocycles. The maximum atomic E-state index is 13.6. The first kappa shape index (κ1) is 22.3. The van der Waals surface area contributed by atoms with Gasteiger partial charge in [0.15, 0.2) is 11.2 Å². The van der Waals surface area contributed by atoms with Crippen LogP contribution in [0.1, 0.15) is 18.3 Å². The summed E-state index contributed by atoms with van der Waals surface area (Å²) in [5.74, 6) is 6.38. The second-order valence-corrected chi connectivity index (χ2v) is 7.82. The summed E-state index contributed by atoms with van der Waals surface area (Å²) in [5, 5.41) is 8.23. The lowest BCUT2D eigenvalue weighted by Crippen LogP contribution is -2.40. The lowest BCUT2D eigenvalue weighted by atomic mass is 10.1. The molecular weight excluding hydrogens is 418 g/mol. The molecule has 0 saturated heterocycles. The minimum Gasteiger partial charge on any atom is -0.354 e. The van der Waals surface area contributed by atoms with Crippen LogP contribution in [0.5, 0.6) is 0 Å². The Bertz CT molecular complexity index is 1520. The van der Waals surface area contributed by atoms with Crippen LogP contribution in [0.4, 0.5) is 5.95 Å². The van der Waals surface area contributed by atoms with Crippen LogP contribution < -0.4 is 21.9 Å². The van der Waals surface area contributed by atoms with Gasteiger partial charge >= 0.3 is 5.69 Å². The van der Waals surface area contributed by atoms with Gasteiger partial charge in [-0.05, 0) is 32.3 Å². The molecule has 1 aromatic carbocycles. The smallest absolute Gasteiger partial charge is 0.332 e. The zero-order valence-corrected chi connectivity index (χ0v) is 19.3. The summed E-state index contributed by atoms with van der Waals surface area (Å²) in [5.41, 5.74) is 1.32. The zero-order chi connectivity index (χ0) is 23.5. The van der Waals surface area contributed by atoms with E-state index < -0.39 is 11.2 Å². The minimum atomic E-state index is -0.437. The molecule has 0 aliphatic heterocycles. The van der Waals surface area contributed by atoms with Crippen molar-refractivity contribution in [2.45, 2.75) is 26.9 Å². The third-order valence-electron chi connectivity index (χ3n) is 5.56. The predicted octanol–water partition coefficient (Wildman–Crippen LogP) is 1.46. The molecule has 2 N–H and O–H groups in total. The Morgan fingerprint density at radius 2 is 1.88 bits per heavy atom. The summed E-state index contributed by atoms with van der Waals surface area (Å²) in [7, 11) is 3.49. The fraction of sp³-hybridized carbons (Fsp3) is 0.333. The Balaban J connectivity index is 1.92. The van der Waals surface area contributed by atoms with Crippen molar-refractivity contribution in [3.63, 3.8) is 0 Å². The van der Waals surface area contributed by atoms with Crippen molar-refractivity contribution in [1.29, 1.82) is 0 Å². The summed E-state index contributed by atoms with van der Waals surface area (Å²) in [6.07, 6.45) is 0. The van der Waals surface area contributed by atoms with E-state index in [4.69, 9.17) is 0 Å². The third-order valence-corrected chi connectivity index (χ3v) is 5.56. The number of pyridine rings is 1.